The largest absolute Gasteiger partial charge is 0.457 e. The Morgan fingerprint density at radius 1 is 0.492 bits per heavy atom. The predicted octanol–water partition coefficient (Wildman–Crippen LogP) is 6.66. The van der Waals surface area contributed by atoms with Crippen molar-refractivity contribution < 1.29 is 33.5 Å². The quantitative estimate of drug-likeness (QED) is 0.0574. The van der Waals surface area contributed by atoms with Crippen molar-refractivity contribution in [2.24, 2.45) is 23.7 Å². The molecule has 2 aromatic carbocycles. The normalized spacial score (nSPS) is 13.8. The maximum Gasteiger partial charge on any atom is 0.251 e. The van der Waals surface area contributed by atoms with Crippen LogP contribution in [0.2, 0.25) is 0 Å². The van der Waals surface area contributed by atoms with Crippen molar-refractivity contribution in [1.29, 1.82) is 0 Å². The molecule has 13 nitrogen and oxygen atoms in total. The molecule has 6 N–H and O–H groups in total. The minimum atomic E-state index is -0.851. The van der Waals surface area contributed by atoms with E-state index in [1.54, 1.807) is 48.5 Å². The van der Waals surface area contributed by atoms with Crippen molar-refractivity contribution in [3.63, 3.8) is 0 Å². The van der Waals surface area contributed by atoms with E-state index in [-0.39, 0.29) is 35.5 Å². The first-order valence-corrected chi connectivity index (χ1v) is 21.6. The monoisotopic (exact) mass is 821 g/mol. The Kier molecular flexibility index (Phi) is 22.3. The molecule has 0 aliphatic heterocycles. The van der Waals surface area contributed by atoms with Crippen LogP contribution in [0.4, 0.5) is 0 Å². The van der Waals surface area contributed by atoms with E-state index in [4.69, 9.17) is 4.74 Å². The van der Waals surface area contributed by atoms with Crippen molar-refractivity contribution in [2.75, 3.05) is 13.1 Å². The Morgan fingerprint density at radius 3 is 1.24 bits per heavy atom. The number of unbranched alkanes of at least 4 members (excludes halogenated alkanes) is 2. The van der Waals surface area contributed by atoms with Crippen LogP contribution in [0, 0.1) is 23.7 Å². The van der Waals surface area contributed by atoms with E-state index in [0.29, 0.717) is 61.4 Å². The number of nitrogens with one attached hydrogen (secondary N) is 6. The molecule has 0 fully saturated rings. The lowest BCUT2D eigenvalue weighted by atomic mass is 9.96. The third-order valence-corrected chi connectivity index (χ3v) is 9.92. The standard InChI is InChI=1S/C46H72N6O7/c1-11-14-24-47-43(55)37(26-29(4)5)50-45(57)39(28-31(8)9)49-41(53)33-16-20-35(21-17-33)59-36-22-18-34(19-23-36)42(54)52-40(32(10)13-3)46(58)51-38(27-30(6)7)44(56)48-25-15-12-2/h16-23,29-32,37-40H,11-15,24-28H2,1-10H3,(H,47,55)(H,48,56)(H,49,53)(H,50,57)(H,51,58)(H,52,54)/t32?,37-,38-,39-,40-/m0/s1. The van der Waals surface area contributed by atoms with Crippen molar-refractivity contribution in [2.45, 2.75) is 145 Å². The summed E-state index contributed by atoms with van der Waals surface area (Å²) in [7, 11) is 0. The van der Waals surface area contributed by atoms with Gasteiger partial charge in [0.25, 0.3) is 11.8 Å². The minimum absolute atomic E-state index is 0.101. The molecule has 13 heteroatoms. The lowest BCUT2D eigenvalue weighted by Gasteiger charge is -2.27. The van der Waals surface area contributed by atoms with Crippen LogP contribution in [-0.4, -0.2) is 72.7 Å². The second kappa shape index (κ2) is 26.2. The second-order valence-electron chi connectivity index (χ2n) is 16.8. The van der Waals surface area contributed by atoms with Crippen LogP contribution in [-0.2, 0) is 19.2 Å². The maximum atomic E-state index is 13.5. The fraction of sp³-hybridized carbons (Fsp3) is 0.609. The predicted molar refractivity (Wildman–Crippen MR) is 233 cm³/mol. The maximum absolute atomic E-state index is 13.5. The third-order valence-electron chi connectivity index (χ3n) is 9.92. The third kappa shape index (κ3) is 18.3. The topological polar surface area (TPSA) is 184 Å². The summed E-state index contributed by atoms with van der Waals surface area (Å²) in [4.78, 5) is 79.6. The summed E-state index contributed by atoms with van der Waals surface area (Å²) < 4.78 is 5.99. The van der Waals surface area contributed by atoms with Gasteiger partial charge in [-0.25, -0.2) is 0 Å². The molecule has 0 heterocycles. The van der Waals surface area contributed by atoms with Crippen molar-refractivity contribution >= 4 is 35.4 Å². The highest BCUT2D eigenvalue weighted by molar-refractivity contribution is 5.99. The van der Waals surface area contributed by atoms with E-state index in [9.17, 15) is 28.8 Å². The first-order chi connectivity index (χ1) is 28.0. The van der Waals surface area contributed by atoms with Crippen LogP contribution < -0.4 is 36.6 Å². The van der Waals surface area contributed by atoms with Crippen LogP contribution in [0.15, 0.2) is 48.5 Å². The number of ether oxygens (including phenoxy) is 1. The molecule has 0 aromatic heterocycles. The molecule has 59 heavy (non-hydrogen) atoms. The highest BCUT2D eigenvalue weighted by atomic mass is 16.5. The molecule has 0 aliphatic carbocycles. The summed E-state index contributed by atoms with van der Waals surface area (Å²) in [6.07, 6.45) is 5.55. The van der Waals surface area contributed by atoms with E-state index in [2.05, 4.69) is 31.9 Å². The molecule has 328 valence electrons. The lowest BCUT2D eigenvalue weighted by Crippen LogP contribution is -2.56. The molecule has 0 radical (unpaired) electrons. The SMILES string of the molecule is CCCCNC(=O)[C@H](CC(C)C)NC(=O)[C@H](CC(C)C)NC(=O)c1ccc(Oc2ccc(C(=O)N[C@H](C(=O)N[C@@H](CC(C)C)C(=O)NCCCC)C(C)CC)cc2)cc1. The summed E-state index contributed by atoms with van der Waals surface area (Å²) in [6, 6.07) is 9.83. The summed E-state index contributed by atoms with van der Waals surface area (Å²) >= 11 is 0. The zero-order chi connectivity index (χ0) is 44.1. The van der Waals surface area contributed by atoms with Gasteiger partial charge in [-0.05, 0) is 104 Å². The Bertz CT molecular complexity index is 1630. The van der Waals surface area contributed by atoms with Crippen molar-refractivity contribution in [3.05, 3.63) is 59.7 Å². The van der Waals surface area contributed by atoms with Gasteiger partial charge in [-0.2, -0.15) is 0 Å². The zero-order valence-electron chi connectivity index (χ0n) is 37.2. The summed E-state index contributed by atoms with van der Waals surface area (Å²) in [5, 5.41) is 17.3. The van der Waals surface area contributed by atoms with E-state index in [1.807, 2.05) is 69.2 Å². The summed E-state index contributed by atoms with van der Waals surface area (Å²) in [6.45, 7) is 20.9. The van der Waals surface area contributed by atoms with Gasteiger partial charge in [0.05, 0.1) is 0 Å². The number of carbonyl (C=O) groups excluding carboxylic acids is 6. The first-order valence-electron chi connectivity index (χ1n) is 21.6. The number of rotatable bonds is 26. The fourth-order valence-electron chi connectivity index (χ4n) is 6.32. The second-order valence-corrected chi connectivity index (χ2v) is 16.8. The molecule has 0 spiro atoms. The molecule has 6 amide bonds. The van der Waals surface area contributed by atoms with E-state index < -0.39 is 47.8 Å². The van der Waals surface area contributed by atoms with E-state index in [1.165, 1.54) is 0 Å². The van der Waals surface area contributed by atoms with Crippen molar-refractivity contribution in [3.8, 4) is 11.5 Å². The number of amides is 6. The Labute approximate surface area is 352 Å². The van der Waals surface area contributed by atoms with Gasteiger partial charge in [-0.15, -0.1) is 0 Å². The minimum Gasteiger partial charge on any atom is -0.457 e. The fourth-order valence-corrected chi connectivity index (χ4v) is 6.32. The van der Waals surface area contributed by atoms with Gasteiger partial charge >= 0.3 is 0 Å². The number of carbonyl (C=O) groups is 6. The van der Waals surface area contributed by atoms with E-state index >= 15 is 0 Å². The first kappa shape index (κ1) is 50.2. The molecule has 2 aromatic rings. The van der Waals surface area contributed by atoms with Crippen molar-refractivity contribution in [1.82, 2.24) is 31.9 Å². The smallest absolute Gasteiger partial charge is 0.251 e. The van der Waals surface area contributed by atoms with Crippen LogP contribution in [0.5, 0.6) is 11.5 Å². The van der Waals surface area contributed by atoms with E-state index in [0.717, 1.165) is 25.7 Å². The Hall–Kier alpha value is -4.94. The molecular formula is C46H72N6O7. The molecule has 1 unspecified atom stereocenters. The van der Waals surface area contributed by atoms with Gasteiger partial charge in [0, 0.05) is 24.2 Å². The van der Waals surface area contributed by atoms with Crippen LogP contribution in [0.3, 0.4) is 0 Å². The number of benzene rings is 2. The lowest BCUT2D eigenvalue weighted by molar-refractivity contribution is -0.131. The molecule has 5 atom stereocenters. The average molecular weight is 821 g/mol. The average Bonchev–Trinajstić information content (AvgIpc) is 3.18. The van der Waals surface area contributed by atoms with Gasteiger partial charge in [-0.3, -0.25) is 28.8 Å². The van der Waals surface area contributed by atoms with Gasteiger partial charge < -0.3 is 36.6 Å². The zero-order valence-corrected chi connectivity index (χ0v) is 37.2. The summed E-state index contributed by atoms with van der Waals surface area (Å²) in [5.74, 6) is -0.986. The van der Waals surface area contributed by atoms with Gasteiger partial charge in [0.1, 0.15) is 35.7 Å². The van der Waals surface area contributed by atoms with Gasteiger partial charge in [0.15, 0.2) is 0 Å². The van der Waals surface area contributed by atoms with Gasteiger partial charge in [-0.1, -0.05) is 88.5 Å². The molecule has 0 aliphatic rings. The summed E-state index contributed by atoms with van der Waals surface area (Å²) in [5.41, 5.74) is 0.656. The van der Waals surface area contributed by atoms with Crippen LogP contribution in [0.1, 0.15) is 141 Å². The molecule has 2 rings (SSSR count). The molecule has 0 saturated carbocycles. The Morgan fingerprint density at radius 2 is 0.864 bits per heavy atom. The molecule has 0 bridgehead atoms. The molecule has 0 saturated heterocycles. The van der Waals surface area contributed by atoms with Crippen LogP contribution >= 0.6 is 0 Å². The van der Waals surface area contributed by atoms with Gasteiger partial charge in [0.2, 0.25) is 23.6 Å². The number of hydrogen-bond donors (Lipinski definition) is 6. The number of hydrogen-bond acceptors (Lipinski definition) is 7. The Balaban J connectivity index is 2.10. The molecular weight excluding hydrogens is 749 g/mol. The highest BCUT2D eigenvalue weighted by Crippen LogP contribution is 2.23. The highest BCUT2D eigenvalue weighted by Gasteiger charge is 2.31. The van der Waals surface area contributed by atoms with Crippen LogP contribution in [0.25, 0.3) is 0 Å².